The van der Waals surface area contributed by atoms with Crippen molar-refractivity contribution in [1.82, 2.24) is 0 Å². The zero-order chi connectivity index (χ0) is 18.6. The van der Waals surface area contributed by atoms with Crippen LogP contribution in [-0.4, -0.2) is 38.8 Å². The van der Waals surface area contributed by atoms with Gasteiger partial charge in [-0.05, 0) is 28.3 Å². The molecule has 1 saturated heterocycles. The van der Waals surface area contributed by atoms with Crippen LogP contribution >= 0.6 is 0 Å². The van der Waals surface area contributed by atoms with Crippen molar-refractivity contribution in [3.05, 3.63) is 60.7 Å². The van der Waals surface area contributed by atoms with E-state index in [1.54, 1.807) is 0 Å². The maximum Gasteiger partial charge on any atom is 0.261 e. The van der Waals surface area contributed by atoms with Gasteiger partial charge in [-0.15, -0.1) is 0 Å². The first-order chi connectivity index (χ1) is 12.5. The fourth-order valence-electron chi connectivity index (χ4n) is 3.87. The van der Waals surface area contributed by atoms with Crippen LogP contribution in [0, 0.1) is 0 Å². The average molecular weight is 371 g/mol. The van der Waals surface area contributed by atoms with E-state index in [1.165, 1.54) is 10.4 Å². The molecule has 0 radical (unpaired) electrons. The van der Waals surface area contributed by atoms with E-state index in [4.69, 9.17) is 14.3 Å². The van der Waals surface area contributed by atoms with Gasteiger partial charge in [0, 0.05) is 6.61 Å². The molecular formula is C22H30O3Si. The number of benzene rings is 2. The van der Waals surface area contributed by atoms with Gasteiger partial charge in [0.1, 0.15) is 6.10 Å². The molecule has 2 aromatic rings. The van der Waals surface area contributed by atoms with Crippen LogP contribution in [0.1, 0.15) is 33.6 Å². The van der Waals surface area contributed by atoms with Gasteiger partial charge in [0.05, 0.1) is 12.7 Å². The minimum Gasteiger partial charge on any atom is -0.407 e. The van der Waals surface area contributed by atoms with Crippen LogP contribution in [0.4, 0.5) is 0 Å². The molecule has 0 spiro atoms. The summed E-state index contributed by atoms with van der Waals surface area (Å²) in [7, 11) is -2.42. The highest BCUT2D eigenvalue weighted by molar-refractivity contribution is 6.99. The van der Waals surface area contributed by atoms with Crippen LogP contribution in [0.15, 0.2) is 60.7 Å². The summed E-state index contributed by atoms with van der Waals surface area (Å²) in [6.45, 7) is 7.73. The van der Waals surface area contributed by atoms with Gasteiger partial charge in [0.15, 0.2) is 0 Å². The number of epoxide rings is 1. The molecule has 0 amide bonds. The van der Waals surface area contributed by atoms with Crippen molar-refractivity contribution in [3.8, 4) is 0 Å². The van der Waals surface area contributed by atoms with Gasteiger partial charge >= 0.3 is 0 Å². The van der Waals surface area contributed by atoms with E-state index in [2.05, 4.69) is 81.4 Å². The van der Waals surface area contributed by atoms with Gasteiger partial charge in [-0.25, -0.2) is 0 Å². The number of hydrogen-bond donors (Lipinski definition) is 1. The van der Waals surface area contributed by atoms with Crippen LogP contribution in [0.2, 0.25) is 5.04 Å². The summed E-state index contributed by atoms with van der Waals surface area (Å²) in [5.41, 5.74) is 0. The Balaban J connectivity index is 1.85. The van der Waals surface area contributed by atoms with Crippen molar-refractivity contribution in [2.75, 3.05) is 13.2 Å². The monoisotopic (exact) mass is 370 g/mol. The van der Waals surface area contributed by atoms with Crippen LogP contribution in [-0.2, 0) is 9.16 Å². The molecule has 26 heavy (non-hydrogen) atoms. The van der Waals surface area contributed by atoms with Gasteiger partial charge in [0.2, 0.25) is 0 Å². The van der Waals surface area contributed by atoms with Crippen LogP contribution < -0.4 is 10.4 Å². The minimum atomic E-state index is -2.42. The number of aliphatic hydroxyl groups is 1. The molecule has 1 fully saturated rings. The molecule has 3 nitrogen and oxygen atoms in total. The molecular weight excluding hydrogens is 340 g/mol. The van der Waals surface area contributed by atoms with E-state index in [9.17, 15) is 0 Å². The number of hydrogen-bond acceptors (Lipinski definition) is 3. The molecule has 0 aliphatic carbocycles. The Morgan fingerprint density at radius 3 is 1.88 bits per heavy atom. The van der Waals surface area contributed by atoms with E-state index in [-0.39, 0.29) is 23.9 Å². The zero-order valence-electron chi connectivity index (χ0n) is 16.0. The number of rotatable bonds is 8. The molecule has 1 heterocycles. The maximum absolute atomic E-state index is 9.12. The number of aliphatic hydroxyl groups excluding tert-OH is 1. The zero-order valence-corrected chi connectivity index (χ0v) is 17.0. The molecule has 0 saturated carbocycles. The highest BCUT2D eigenvalue weighted by atomic mass is 28.4. The van der Waals surface area contributed by atoms with Gasteiger partial charge in [-0.2, -0.15) is 0 Å². The smallest absolute Gasteiger partial charge is 0.261 e. The van der Waals surface area contributed by atoms with E-state index in [0.717, 1.165) is 12.8 Å². The Labute approximate surface area is 158 Å². The summed E-state index contributed by atoms with van der Waals surface area (Å²) in [5, 5.41) is 11.8. The lowest BCUT2D eigenvalue weighted by atomic mass is 10.2. The van der Waals surface area contributed by atoms with Crippen molar-refractivity contribution in [3.63, 3.8) is 0 Å². The van der Waals surface area contributed by atoms with Crippen LogP contribution in [0.5, 0.6) is 0 Å². The van der Waals surface area contributed by atoms with Gasteiger partial charge in [-0.1, -0.05) is 81.4 Å². The second kappa shape index (κ2) is 8.05. The topological polar surface area (TPSA) is 42.0 Å². The largest absolute Gasteiger partial charge is 0.407 e. The molecule has 1 N–H and O–H groups in total. The quantitative estimate of drug-likeness (QED) is 0.441. The van der Waals surface area contributed by atoms with Crippen molar-refractivity contribution >= 4 is 18.7 Å². The molecule has 1 aliphatic heterocycles. The molecule has 4 heteroatoms. The molecule has 0 aromatic heterocycles. The Morgan fingerprint density at radius 1 is 0.923 bits per heavy atom. The Morgan fingerprint density at radius 2 is 1.46 bits per heavy atom. The predicted molar refractivity (Wildman–Crippen MR) is 109 cm³/mol. The van der Waals surface area contributed by atoms with E-state index in [0.29, 0.717) is 6.61 Å². The second-order valence-corrected chi connectivity index (χ2v) is 12.4. The van der Waals surface area contributed by atoms with E-state index >= 15 is 0 Å². The highest BCUT2D eigenvalue weighted by Gasteiger charge is 2.50. The third-order valence-corrected chi connectivity index (χ3v) is 10.3. The lowest BCUT2D eigenvalue weighted by Crippen LogP contribution is -2.66. The van der Waals surface area contributed by atoms with Gasteiger partial charge in [-0.3, -0.25) is 0 Å². The molecule has 1 aliphatic rings. The first-order valence-electron chi connectivity index (χ1n) is 9.50. The Kier molecular flexibility index (Phi) is 5.98. The van der Waals surface area contributed by atoms with Crippen LogP contribution in [0.25, 0.3) is 0 Å². The lowest BCUT2D eigenvalue weighted by molar-refractivity contribution is 0.240. The SMILES string of the molecule is CC(C)(C)[Si](OCCC[C@@H]1O[C@H]1CO)(c1ccccc1)c1ccccc1. The van der Waals surface area contributed by atoms with Crippen LogP contribution in [0.3, 0.4) is 0 Å². The fraction of sp³-hybridized carbons (Fsp3) is 0.455. The van der Waals surface area contributed by atoms with Crippen molar-refractivity contribution < 1.29 is 14.3 Å². The van der Waals surface area contributed by atoms with Gasteiger partial charge < -0.3 is 14.3 Å². The normalized spacial score (nSPS) is 20.2. The van der Waals surface area contributed by atoms with Crippen molar-refractivity contribution in [2.24, 2.45) is 0 Å². The average Bonchev–Trinajstić information content (AvgIpc) is 3.41. The molecule has 3 rings (SSSR count). The summed E-state index contributed by atoms with van der Waals surface area (Å²) < 4.78 is 12.3. The fourth-order valence-corrected chi connectivity index (χ4v) is 8.47. The Hall–Kier alpha value is -1.46. The molecule has 140 valence electrons. The maximum atomic E-state index is 9.12. The van der Waals surface area contributed by atoms with Crippen molar-refractivity contribution in [1.29, 1.82) is 0 Å². The Bertz CT molecular complexity index is 642. The molecule has 0 unspecified atom stereocenters. The minimum absolute atomic E-state index is 0.0133. The first kappa shape index (κ1) is 19.3. The third-order valence-electron chi connectivity index (χ3n) is 5.24. The lowest BCUT2D eigenvalue weighted by Gasteiger charge is -2.43. The molecule has 0 bridgehead atoms. The summed E-state index contributed by atoms with van der Waals surface area (Å²) in [5.74, 6) is 0. The van der Waals surface area contributed by atoms with Crippen molar-refractivity contribution in [2.45, 2.75) is 50.9 Å². The molecule has 2 aromatic carbocycles. The first-order valence-corrected chi connectivity index (χ1v) is 11.4. The van der Waals surface area contributed by atoms with E-state index in [1.807, 2.05) is 0 Å². The third kappa shape index (κ3) is 3.94. The summed E-state index contributed by atoms with van der Waals surface area (Å²) in [4.78, 5) is 0. The summed E-state index contributed by atoms with van der Waals surface area (Å²) >= 11 is 0. The second-order valence-electron chi connectivity index (χ2n) is 8.05. The van der Waals surface area contributed by atoms with E-state index < -0.39 is 8.32 Å². The summed E-state index contributed by atoms with van der Waals surface area (Å²) in [6.07, 6.45) is 2.15. The summed E-state index contributed by atoms with van der Waals surface area (Å²) in [6, 6.07) is 21.4. The molecule has 2 atom stereocenters. The predicted octanol–water partition coefficient (Wildman–Crippen LogP) is 3.10. The number of ether oxygens (including phenoxy) is 1. The highest BCUT2D eigenvalue weighted by Crippen LogP contribution is 2.37. The standard InChI is InChI=1S/C22H30O3Si/c1-22(2,3)26(18-11-6-4-7-12-18,19-13-8-5-9-14-19)24-16-10-15-20-21(17-23)25-20/h4-9,11-14,20-21,23H,10,15-17H2,1-3H3/t20-,21-/m0/s1. The van der Waals surface area contributed by atoms with Gasteiger partial charge in [0.25, 0.3) is 8.32 Å².